The predicted molar refractivity (Wildman–Crippen MR) is 77.7 cm³/mol. The molecule has 0 aromatic heterocycles. The highest BCUT2D eigenvalue weighted by atomic mass is 79.9. The van der Waals surface area contributed by atoms with Gasteiger partial charge in [0.15, 0.2) is 0 Å². The van der Waals surface area contributed by atoms with Gasteiger partial charge in [0, 0.05) is 17.4 Å². The van der Waals surface area contributed by atoms with E-state index < -0.39 is 0 Å². The van der Waals surface area contributed by atoms with Gasteiger partial charge in [-0.25, -0.2) is 0 Å². The fourth-order valence-electron chi connectivity index (χ4n) is 1.76. The van der Waals surface area contributed by atoms with Crippen LogP contribution in [0.15, 0.2) is 33.9 Å². The Morgan fingerprint density at radius 3 is 2.89 bits per heavy atom. The van der Waals surface area contributed by atoms with Gasteiger partial charge < -0.3 is 15.8 Å². The summed E-state index contributed by atoms with van der Waals surface area (Å²) in [6.07, 6.45) is 2.64. The van der Waals surface area contributed by atoms with E-state index in [9.17, 15) is 0 Å². The van der Waals surface area contributed by atoms with Crippen LogP contribution in [0.25, 0.3) is 0 Å². The van der Waals surface area contributed by atoms with Crippen LogP contribution in [0.2, 0.25) is 0 Å². The zero-order valence-corrected chi connectivity index (χ0v) is 12.2. The van der Waals surface area contributed by atoms with E-state index >= 15 is 0 Å². The van der Waals surface area contributed by atoms with E-state index in [1.165, 1.54) is 5.56 Å². The number of amidine groups is 1. The molecule has 1 rings (SSSR count). The Kier molecular flexibility index (Phi) is 6.75. The second kappa shape index (κ2) is 8.11. The molecule has 0 radical (unpaired) electrons. The molecule has 0 unspecified atom stereocenters. The zero-order valence-electron chi connectivity index (χ0n) is 10.6. The normalized spacial score (nSPS) is 12.1. The molecule has 0 saturated carbocycles. The van der Waals surface area contributed by atoms with E-state index in [-0.39, 0.29) is 0 Å². The smallest absolute Gasteiger partial charge is 0.139 e. The minimum Gasteiger partial charge on any atom is -0.409 e. The summed E-state index contributed by atoms with van der Waals surface area (Å²) in [5.41, 5.74) is 6.71. The van der Waals surface area contributed by atoms with Crippen molar-refractivity contribution in [2.75, 3.05) is 13.6 Å². The maximum Gasteiger partial charge on any atom is 0.139 e. The lowest BCUT2D eigenvalue weighted by Crippen LogP contribution is -2.19. The van der Waals surface area contributed by atoms with E-state index in [4.69, 9.17) is 10.9 Å². The molecule has 18 heavy (non-hydrogen) atoms. The monoisotopic (exact) mass is 313 g/mol. The van der Waals surface area contributed by atoms with Crippen molar-refractivity contribution in [1.82, 2.24) is 4.90 Å². The van der Waals surface area contributed by atoms with Crippen LogP contribution in [0.3, 0.4) is 0 Å². The summed E-state index contributed by atoms with van der Waals surface area (Å²) in [5.74, 6) is 0.310. The Morgan fingerprint density at radius 2 is 2.22 bits per heavy atom. The number of oxime groups is 1. The maximum absolute atomic E-state index is 8.41. The Labute approximate surface area is 117 Å². The van der Waals surface area contributed by atoms with Crippen LogP contribution in [-0.4, -0.2) is 29.5 Å². The molecule has 0 atom stereocenters. The lowest BCUT2D eigenvalue weighted by atomic mass is 10.2. The second-order valence-corrected chi connectivity index (χ2v) is 5.33. The molecule has 0 aliphatic heterocycles. The third kappa shape index (κ3) is 6.02. The largest absolute Gasteiger partial charge is 0.409 e. The van der Waals surface area contributed by atoms with Crippen LogP contribution >= 0.6 is 15.9 Å². The van der Waals surface area contributed by atoms with Crippen LogP contribution < -0.4 is 5.73 Å². The highest BCUT2D eigenvalue weighted by molar-refractivity contribution is 9.10. The van der Waals surface area contributed by atoms with Crippen molar-refractivity contribution in [2.24, 2.45) is 10.9 Å². The van der Waals surface area contributed by atoms with Crippen LogP contribution in [0.4, 0.5) is 0 Å². The van der Waals surface area contributed by atoms with E-state index in [1.807, 2.05) is 12.1 Å². The van der Waals surface area contributed by atoms with Crippen molar-refractivity contribution in [1.29, 1.82) is 0 Å². The molecule has 0 saturated heterocycles. The summed E-state index contributed by atoms with van der Waals surface area (Å²) in [5, 5.41) is 11.4. The number of nitrogens with two attached hydrogens (primary N) is 1. The molecule has 0 aliphatic carbocycles. The van der Waals surface area contributed by atoms with Crippen molar-refractivity contribution in [2.45, 2.75) is 25.8 Å². The van der Waals surface area contributed by atoms with Gasteiger partial charge in [-0.15, -0.1) is 0 Å². The quantitative estimate of drug-likeness (QED) is 0.267. The van der Waals surface area contributed by atoms with E-state index in [0.717, 1.165) is 30.4 Å². The van der Waals surface area contributed by atoms with Gasteiger partial charge in [0.2, 0.25) is 0 Å². The molecule has 0 heterocycles. The lowest BCUT2D eigenvalue weighted by Gasteiger charge is -2.16. The van der Waals surface area contributed by atoms with Gasteiger partial charge in [0.1, 0.15) is 5.84 Å². The Morgan fingerprint density at radius 1 is 1.44 bits per heavy atom. The molecule has 1 aromatic carbocycles. The van der Waals surface area contributed by atoms with Crippen molar-refractivity contribution in [3.8, 4) is 0 Å². The maximum atomic E-state index is 8.41. The van der Waals surface area contributed by atoms with Crippen molar-refractivity contribution >= 4 is 21.8 Å². The van der Waals surface area contributed by atoms with Gasteiger partial charge >= 0.3 is 0 Å². The van der Waals surface area contributed by atoms with E-state index in [2.05, 4.69) is 45.2 Å². The Hall–Kier alpha value is -1.07. The first-order valence-corrected chi connectivity index (χ1v) is 6.80. The number of rotatable bonds is 7. The molecule has 0 spiro atoms. The third-order valence-corrected chi connectivity index (χ3v) is 3.19. The van der Waals surface area contributed by atoms with Crippen molar-refractivity contribution in [3.05, 3.63) is 34.3 Å². The average Bonchev–Trinajstić information content (AvgIpc) is 2.34. The van der Waals surface area contributed by atoms with Gasteiger partial charge in [-0.05, 0) is 44.1 Å². The first-order chi connectivity index (χ1) is 8.61. The molecule has 3 N–H and O–H groups in total. The molecule has 1 aromatic rings. The van der Waals surface area contributed by atoms with Gasteiger partial charge in [0.25, 0.3) is 0 Å². The molecule has 5 heteroatoms. The second-order valence-electron chi connectivity index (χ2n) is 4.42. The number of halogens is 1. The first kappa shape index (κ1) is 15.0. The fraction of sp³-hybridized carbons (Fsp3) is 0.462. The summed E-state index contributed by atoms with van der Waals surface area (Å²) in [7, 11) is 2.10. The molecular weight excluding hydrogens is 294 g/mol. The van der Waals surface area contributed by atoms with Gasteiger partial charge in [-0.1, -0.05) is 33.2 Å². The number of nitrogens with zero attached hydrogens (tertiary/aromatic N) is 2. The summed E-state index contributed by atoms with van der Waals surface area (Å²) >= 11 is 3.47. The highest BCUT2D eigenvalue weighted by Crippen LogP contribution is 2.13. The molecule has 0 aliphatic rings. The number of hydrogen-bond acceptors (Lipinski definition) is 3. The summed E-state index contributed by atoms with van der Waals surface area (Å²) in [6, 6.07) is 8.33. The lowest BCUT2D eigenvalue weighted by molar-refractivity contribution is 0.312. The molecule has 0 amide bonds. The zero-order chi connectivity index (χ0) is 13.4. The predicted octanol–water partition coefficient (Wildman–Crippen LogP) is 2.80. The van der Waals surface area contributed by atoms with Crippen LogP contribution in [-0.2, 0) is 6.54 Å². The fourth-order valence-corrected chi connectivity index (χ4v) is 2.21. The Bertz CT molecular complexity index is 396. The summed E-state index contributed by atoms with van der Waals surface area (Å²) in [4.78, 5) is 2.27. The van der Waals surface area contributed by atoms with Gasteiger partial charge in [-0.2, -0.15) is 0 Å². The molecule has 0 fully saturated rings. The SMILES string of the molecule is CN(CCCC/C(N)=N/O)Cc1cccc(Br)c1. The topological polar surface area (TPSA) is 61.8 Å². The van der Waals surface area contributed by atoms with Gasteiger partial charge in [0.05, 0.1) is 0 Å². The van der Waals surface area contributed by atoms with E-state index in [1.54, 1.807) is 0 Å². The molecule has 100 valence electrons. The summed E-state index contributed by atoms with van der Waals surface area (Å²) < 4.78 is 1.11. The van der Waals surface area contributed by atoms with Crippen molar-refractivity contribution in [3.63, 3.8) is 0 Å². The van der Waals surface area contributed by atoms with Gasteiger partial charge in [-0.3, -0.25) is 0 Å². The van der Waals surface area contributed by atoms with Crippen LogP contribution in [0, 0.1) is 0 Å². The van der Waals surface area contributed by atoms with Crippen molar-refractivity contribution < 1.29 is 5.21 Å². The first-order valence-electron chi connectivity index (χ1n) is 6.01. The number of unbranched alkanes of at least 4 members (excludes halogenated alkanes) is 1. The molecule has 4 nitrogen and oxygen atoms in total. The third-order valence-electron chi connectivity index (χ3n) is 2.69. The standard InChI is InChI=1S/C13H20BrN3O/c1-17(8-3-2-7-13(15)16-18)10-11-5-4-6-12(14)9-11/h4-6,9,18H,2-3,7-8,10H2,1H3,(H2,15,16). The number of hydrogen-bond donors (Lipinski definition) is 2. The molecular formula is C13H20BrN3O. The Balaban J connectivity index is 2.23. The van der Waals surface area contributed by atoms with E-state index in [0.29, 0.717) is 12.3 Å². The summed E-state index contributed by atoms with van der Waals surface area (Å²) in [6.45, 7) is 1.94. The molecule has 0 bridgehead atoms. The van der Waals surface area contributed by atoms with Crippen LogP contribution in [0.1, 0.15) is 24.8 Å². The highest BCUT2D eigenvalue weighted by Gasteiger charge is 2.01. The average molecular weight is 314 g/mol. The van der Waals surface area contributed by atoms with Crippen LogP contribution in [0.5, 0.6) is 0 Å². The minimum absolute atomic E-state index is 0.310. The number of benzene rings is 1. The minimum atomic E-state index is 0.310.